The second kappa shape index (κ2) is 9.87. The Morgan fingerprint density at radius 1 is 1.12 bits per heavy atom. The van der Waals surface area contributed by atoms with Gasteiger partial charge >= 0.3 is 0 Å². The zero-order chi connectivity index (χ0) is 24.2. The van der Waals surface area contributed by atoms with Crippen molar-refractivity contribution >= 4 is 17.2 Å². The van der Waals surface area contributed by atoms with Gasteiger partial charge in [-0.3, -0.25) is 14.7 Å². The lowest BCUT2D eigenvalue weighted by Crippen LogP contribution is -2.32. The number of amides is 1. The summed E-state index contributed by atoms with van der Waals surface area (Å²) >= 11 is 1.53. The largest absolute Gasteiger partial charge is 0.497 e. The van der Waals surface area contributed by atoms with Crippen LogP contribution < -0.4 is 20.3 Å². The summed E-state index contributed by atoms with van der Waals surface area (Å²) in [6.45, 7) is 4.28. The van der Waals surface area contributed by atoms with Crippen LogP contribution in [0.1, 0.15) is 21.2 Å². The van der Waals surface area contributed by atoms with Crippen LogP contribution in [0.3, 0.4) is 0 Å². The van der Waals surface area contributed by atoms with Crippen LogP contribution in [0, 0.1) is 13.8 Å². The van der Waals surface area contributed by atoms with E-state index in [-0.39, 0.29) is 30.2 Å². The Hall–Kier alpha value is -3.99. The first-order valence-electron chi connectivity index (χ1n) is 10.5. The zero-order valence-electron chi connectivity index (χ0n) is 19.2. The number of methoxy groups -OCH3 is 2. The predicted octanol–water partition coefficient (Wildman–Crippen LogP) is 2.82. The Labute approximate surface area is 199 Å². The number of ether oxygens (including phenoxy) is 2. The summed E-state index contributed by atoms with van der Waals surface area (Å²) in [5.41, 5.74) is 2.83. The molecule has 0 spiro atoms. The molecular formula is C23H24N6O4S. The number of nitrogens with one attached hydrogen (secondary N) is 2. The molecule has 1 aromatic carbocycles. The van der Waals surface area contributed by atoms with Crippen molar-refractivity contribution in [2.45, 2.75) is 20.4 Å². The van der Waals surface area contributed by atoms with Crippen LogP contribution in [0.25, 0.3) is 21.8 Å². The smallest absolute Gasteiger partial charge is 0.269 e. The molecule has 34 heavy (non-hydrogen) atoms. The molecule has 0 atom stereocenters. The van der Waals surface area contributed by atoms with E-state index >= 15 is 0 Å². The highest BCUT2D eigenvalue weighted by molar-refractivity contribution is 7.15. The Balaban J connectivity index is 1.44. The minimum atomic E-state index is -0.348. The number of aromatic nitrogens is 5. The van der Waals surface area contributed by atoms with Crippen molar-refractivity contribution in [3.05, 3.63) is 63.1 Å². The molecule has 0 saturated heterocycles. The van der Waals surface area contributed by atoms with E-state index in [2.05, 4.69) is 25.6 Å². The molecule has 0 bridgehead atoms. The van der Waals surface area contributed by atoms with Gasteiger partial charge < -0.3 is 14.8 Å². The van der Waals surface area contributed by atoms with E-state index in [1.54, 1.807) is 44.6 Å². The molecule has 0 saturated carbocycles. The van der Waals surface area contributed by atoms with Crippen LogP contribution in [0.4, 0.5) is 0 Å². The summed E-state index contributed by atoms with van der Waals surface area (Å²) in [6.07, 6.45) is 0. The number of aromatic amines is 1. The highest BCUT2D eigenvalue weighted by atomic mass is 32.1. The Bertz CT molecular complexity index is 1390. The molecule has 1 amide bonds. The third-order valence-corrected chi connectivity index (χ3v) is 6.21. The number of nitrogens with zero attached hydrogens (tertiary/aromatic N) is 4. The van der Waals surface area contributed by atoms with Crippen LogP contribution in [-0.4, -0.2) is 51.6 Å². The highest BCUT2D eigenvalue weighted by Crippen LogP contribution is 2.32. The number of hydrogen-bond acceptors (Lipinski definition) is 8. The molecule has 0 aliphatic carbocycles. The molecule has 3 aromatic heterocycles. The first-order valence-corrected chi connectivity index (χ1v) is 11.3. The maximum absolute atomic E-state index is 12.6. The van der Waals surface area contributed by atoms with Crippen molar-refractivity contribution in [1.29, 1.82) is 0 Å². The average molecular weight is 481 g/mol. The number of rotatable bonds is 8. The van der Waals surface area contributed by atoms with E-state index in [0.717, 1.165) is 15.6 Å². The van der Waals surface area contributed by atoms with Crippen molar-refractivity contribution in [2.75, 3.05) is 20.8 Å². The van der Waals surface area contributed by atoms with E-state index in [9.17, 15) is 9.59 Å². The second-order valence-electron chi connectivity index (χ2n) is 7.42. The average Bonchev–Trinajstić information content (AvgIpc) is 3.46. The van der Waals surface area contributed by atoms with Gasteiger partial charge in [-0.25, -0.2) is 9.67 Å². The quantitative estimate of drug-likeness (QED) is 0.397. The summed E-state index contributed by atoms with van der Waals surface area (Å²) in [4.78, 5) is 30.2. The Morgan fingerprint density at radius 2 is 1.94 bits per heavy atom. The van der Waals surface area contributed by atoms with E-state index in [1.165, 1.54) is 22.1 Å². The van der Waals surface area contributed by atoms with Gasteiger partial charge in [0.05, 0.1) is 42.0 Å². The van der Waals surface area contributed by atoms with Gasteiger partial charge in [0, 0.05) is 18.2 Å². The summed E-state index contributed by atoms with van der Waals surface area (Å²) in [7, 11) is 3.14. The second-order valence-corrected chi connectivity index (χ2v) is 8.62. The van der Waals surface area contributed by atoms with Crippen molar-refractivity contribution < 1.29 is 14.3 Å². The number of thiazole rings is 1. The lowest BCUT2D eigenvalue weighted by atomic mass is 10.1. The van der Waals surface area contributed by atoms with Gasteiger partial charge in [0.25, 0.3) is 11.5 Å². The molecule has 0 fully saturated rings. The van der Waals surface area contributed by atoms with Gasteiger partial charge in [-0.05, 0) is 44.2 Å². The van der Waals surface area contributed by atoms with E-state index in [1.807, 2.05) is 13.8 Å². The summed E-state index contributed by atoms with van der Waals surface area (Å²) in [5, 5.41) is 15.1. The van der Waals surface area contributed by atoms with Gasteiger partial charge in [0.1, 0.15) is 22.9 Å². The molecule has 0 unspecified atom stereocenters. The van der Waals surface area contributed by atoms with Crippen LogP contribution >= 0.6 is 11.3 Å². The molecule has 11 heteroatoms. The molecule has 0 aliphatic heterocycles. The standard InChI is InChI=1S/C23H24N6O4S/c1-13-22(34-14(2)25-13)17-6-8-21(30)29(28-17)10-9-24-23(31)19-12-18(26-27-19)16-11-15(32-3)5-7-20(16)33-4/h5-8,11-12H,9-10H2,1-4H3,(H,24,31)(H,26,27). The van der Waals surface area contributed by atoms with E-state index in [0.29, 0.717) is 28.5 Å². The minimum Gasteiger partial charge on any atom is -0.497 e. The number of hydrogen-bond donors (Lipinski definition) is 2. The first-order chi connectivity index (χ1) is 16.4. The lowest BCUT2D eigenvalue weighted by molar-refractivity contribution is 0.0946. The van der Waals surface area contributed by atoms with Crippen molar-refractivity contribution in [3.63, 3.8) is 0 Å². The zero-order valence-corrected chi connectivity index (χ0v) is 20.0. The van der Waals surface area contributed by atoms with Gasteiger partial charge in [0.15, 0.2) is 0 Å². The maximum Gasteiger partial charge on any atom is 0.269 e. The van der Waals surface area contributed by atoms with Crippen LogP contribution in [-0.2, 0) is 6.54 Å². The molecule has 10 nitrogen and oxygen atoms in total. The fourth-order valence-electron chi connectivity index (χ4n) is 3.46. The summed E-state index contributed by atoms with van der Waals surface area (Å²) in [6, 6.07) is 10.1. The molecule has 3 heterocycles. The molecule has 4 aromatic rings. The number of aryl methyl sites for hydroxylation is 2. The highest BCUT2D eigenvalue weighted by Gasteiger charge is 2.15. The molecule has 2 N–H and O–H groups in total. The molecule has 0 aliphatic rings. The molecular weight excluding hydrogens is 456 g/mol. The number of benzene rings is 1. The van der Waals surface area contributed by atoms with E-state index in [4.69, 9.17) is 9.47 Å². The number of carbonyl (C=O) groups excluding carboxylic acids is 1. The Morgan fingerprint density at radius 3 is 2.65 bits per heavy atom. The number of carbonyl (C=O) groups is 1. The molecule has 0 radical (unpaired) electrons. The van der Waals surface area contributed by atoms with Crippen molar-refractivity contribution in [2.24, 2.45) is 0 Å². The molecule has 176 valence electrons. The van der Waals surface area contributed by atoms with Gasteiger partial charge in [-0.2, -0.15) is 10.2 Å². The number of H-pyrrole nitrogens is 1. The van der Waals surface area contributed by atoms with Gasteiger partial charge in [0.2, 0.25) is 0 Å². The van der Waals surface area contributed by atoms with Gasteiger partial charge in [-0.15, -0.1) is 11.3 Å². The van der Waals surface area contributed by atoms with Crippen molar-refractivity contribution in [1.82, 2.24) is 30.3 Å². The molecule has 4 rings (SSSR count). The predicted molar refractivity (Wildman–Crippen MR) is 129 cm³/mol. The minimum absolute atomic E-state index is 0.215. The van der Waals surface area contributed by atoms with Crippen LogP contribution in [0.5, 0.6) is 11.5 Å². The van der Waals surface area contributed by atoms with Crippen molar-refractivity contribution in [3.8, 4) is 33.3 Å². The fourth-order valence-corrected chi connectivity index (χ4v) is 4.34. The monoisotopic (exact) mass is 480 g/mol. The first kappa shape index (κ1) is 23.2. The van der Waals surface area contributed by atoms with Crippen LogP contribution in [0.15, 0.2) is 41.2 Å². The lowest BCUT2D eigenvalue weighted by Gasteiger charge is -2.08. The summed E-state index contributed by atoms with van der Waals surface area (Å²) < 4.78 is 12.0. The Kier molecular flexibility index (Phi) is 6.73. The summed E-state index contributed by atoms with van der Waals surface area (Å²) in [5.74, 6) is 0.906. The normalized spacial score (nSPS) is 10.8. The fraction of sp³-hybridized carbons (Fsp3) is 0.261. The maximum atomic E-state index is 12.6. The third kappa shape index (κ3) is 4.84. The van der Waals surface area contributed by atoms with Gasteiger partial charge in [-0.1, -0.05) is 0 Å². The SMILES string of the molecule is COc1ccc(OC)c(-c2cc(C(=O)NCCn3nc(-c4sc(C)nc4C)ccc3=O)[nH]n2)c1. The topological polar surface area (TPSA) is 124 Å². The van der Waals surface area contributed by atoms with E-state index < -0.39 is 0 Å². The third-order valence-electron chi connectivity index (χ3n) is 5.12. The van der Waals surface area contributed by atoms with Crippen LogP contribution in [0.2, 0.25) is 0 Å².